The van der Waals surface area contributed by atoms with E-state index in [1.54, 1.807) is 0 Å². The first-order valence-electron chi connectivity index (χ1n) is 4.44. The van der Waals surface area contributed by atoms with E-state index in [-0.39, 0.29) is 5.41 Å². The Morgan fingerprint density at radius 1 is 1.27 bits per heavy atom. The largest absolute Gasteiger partial charge is 0.328 e. The monoisotopic (exact) mass is 156 g/mol. The summed E-state index contributed by atoms with van der Waals surface area (Å²) in [6.07, 6.45) is 2.16. The van der Waals surface area contributed by atoms with Gasteiger partial charge in [-0.05, 0) is 24.2 Å². The SMILES string of the molecule is CC1CC(N)CC(C)(C)C1N. The van der Waals surface area contributed by atoms with Crippen molar-refractivity contribution >= 4 is 0 Å². The summed E-state index contributed by atoms with van der Waals surface area (Å²) in [4.78, 5) is 0. The predicted octanol–water partition coefficient (Wildman–Crippen LogP) is 1.10. The minimum Gasteiger partial charge on any atom is -0.328 e. The number of rotatable bonds is 0. The van der Waals surface area contributed by atoms with E-state index in [0.717, 1.165) is 12.8 Å². The van der Waals surface area contributed by atoms with Crippen molar-refractivity contribution in [3.05, 3.63) is 0 Å². The molecule has 11 heavy (non-hydrogen) atoms. The number of hydrogen-bond donors (Lipinski definition) is 2. The van der Waals surface area contributed by atoms with Crippen LogP contribution in [0.2, 0.25) is 0 Å². The van der Waals surface area contributed by atoms with Gasteiger partial charge in [0.25, 0.3) is 0 Å². The van der Waals surface area contributed by atoms with Crippen molar-refractivity contribution in [3.63, 3.8) is 0 Å². The summed E-state index contributed by atoms with van der Waals surface area (Å²) < 4.78 is 0. The van der Waals surface area contributed by atoms with Gasteiger partial charge in [0.05, 0.1) is 0 Å². The first-order chi connectivity index (χ1) is 4.93. The molecule has 0 bridgehead atoms. The van der Waals surface area contributed by atoms with Crippen LogP contribution in [0, 0.1) is 11.3 Å². The summed E-state index contributed by atoms with van der Waals surface area (Å²) in [5.74, 6) is 0.578. The maximum absolute atomic E-state index is 6.06. The number of nitrogens with two attached hydrogens (primary N) is 2. The fourth-order valence-corrected chi connectivity index (χ4v) is 2.29. The highest BCUT2D eigenvalue weighted by Crippen LogP contribution is 2.36. The molecule has 0 saturated heterocycles. The van der Waals surface area contributed by atoms with Crippen LogP contribution in [0.3, 0.4) is 0 Å². The molecule has 2 nitrogen and oxygen atoms in total. The Labute approximate surface area is 69.3 Å². The second-order valence-corrected chi connectivity index (χ2v) is 4.69. The second-order valence-electron chi connectivity index (χ2n) is 4.69. The van der Waals surface area contributed by atoms with Crippen LogP contribution in [0.15, 0.2) is 0 Å². The first kappa shape index (κ1) is 9.01. The summed E-state index contributed by atoms with van der Waals surface area (Å²) in [7, 11) is 0. The summed E-state index contributed by atoms with van der Waals surface area (Å²) in [5.41, 5.74) is 12.2. The lowest BCUT2D eigenvalue weighted by atomic mass is 9.67. The molecule has 0 radical (unpaired) electrons. The molecule has 0 spiro atoms. The van der Waals surface area contributed by atoms with Gasteiger partial charge < -0.3 is 11.5 Å². The molecular weight excluding hydrogens is 136 g/mol. The molecule has 0 aromatic rings. The molecule has 1 saturated carbocycles. The van der Waals surface area contributed by atoms with E-state index >= 15 is 0 Å². The molecule has 1 rings (SSSR count). The lowest BCUT2D eigenvalue weighted by Crippen LogP contribution is -2.51. The van der Waals surface area contributed by atoms with E-state index in [0.29, 0.717) is 18.0 Å². The minimum atomic E-state index is 0.233. The van der Waals surface area contributed by atoms with E-state index in [1.807, 2.05) is 0 Å². The molecule has 1 aliphatic rings. The molecule has 1 aliphatic carbocycles. The van der Waals surface area contributed by atoms with Crippen LogP contribution in [0.1, 0.15) is 33.6 Å². The van der Waals surface area contributed by atoms with Crippen LogP contribution in [0.25, 0.3) is 0 Å². The summed E-state index contributed by atoms with van der Waals surface area (Å²) >= 11 is 0. The molecule has 1 fully saturated rings. The first-order valence-corrected chi connectivity index (χ1v) is 4.44. The molecule has 4 N–H and O–H groups in total. The van der Waals surface area contributed by atoms with Crippen LogP contribution in [-0.4, -0.2) is 12.1 Å². The number of hydrogen-bond acceptors (Lipinski definition) is 2. The van der Waals surface area contributed by atoms with Crippen LogP contribution >= 0.6 is 0 Å². The van der Waals surface area contributed by atoms with E-state index in [1.165, 1.54) is 0 Å². The predicted molar refractivity (Wildman–Crippen MR) is 48.1 cm³/mol. The van der Waals surface area contributed by atoms with Crippen molar-refractivity contribution in [3.8, 4) is 0 Å². The smallest absolute Gasteiger partial charge is 0.0117 e. The van der Waals surface area contributed by atoms with Gasteiger partial charge in [0.1, 0.15) is 0 Å². The highest BCUT2D eigenvalue weighted by Gasteiger charge is 2.37. The van der Waals surface area contributed by atoms with Gasteiger partial charge in [-0.25, -0.2) is 0 Å². The van der Waals surface area contributed by atoms with Gasteiger partial charge in [-0.15, -0.1) is 0 Å². The van der Waals surface area contributed by atoms with E-state index < -0.39 is 0 Å². The lowest BCUT2D eigenvalue weighted by Gasteiger charge is -2.43. The van der Waals surface area contributed by atoms with Gasteiger partial charge in [0.2, 0.25) is 0 Å². The molecule has 66 valence electrons. The molecule has 3 unspecified atom stereocenters. The van der Waals surface area contributed by atoms with E-state index in [9.17, 15) is 0 Å². The van der Waals surface area contributed by atoms with Gasteiger partial charge in [-0.1, -0.05) is 20.8 Å². The highest BCUT2D eigenvalue weighted by molar-refractivity contribution is 4.94. The van der Waals surface area contributed by atoms with Crippen molar-refractivity contribution < 1.29 is 0 Å². The van der Waals surface area contributed by atoms with Crippen molar-refractivity contribution in [1.29, 1.82) is 0 Å². The van der Waals surface area contributed by atoms with Crippen molar-refractivity contribution in [2.45, 2.75) is 45.7 Å². The molecule has 0 amide bonds. The van der Waals surface area contributed by atoms with Gasteiger partial charge >= 0.3 is 0 Å². The van der Waals surface area contributed by atoms with Crippen molar-refractivity contribution in [1.82, 2.24) is 0 Å². The Kier molecular flexibility index (Phi) is 2.26. The third-order valence-electron chi connectivity index (χ3n) is 2.98. The van der Waals surface area contributed by atoms with Gasteiger partial charge in [-0.2, -0.15) is 0 Å². The molecule has 2 heteroatoms. The molecule has 0 aromatic carbocycles. The van der Waals surface area contributed by atoms with E-state index in [4.69, 9.17) is 11.5 Å². The molecule has 3 atom stereocenters. The van der Waals surface area contributed by atoms with Crippen molar-refractivity contribution in [2.75, 3.05) is 0 Å². The fourth-order valence-electron chi connectivity index (χ4n) is 2.29. The van der Waals surface area contributed by atoms with Crippen LogP contribution in [0.4, 0.5) is 0 Å². The Morgan fingerprint density at radius 2 is 1.82 bits per heavy atom. The van der Waals surface area contributed by atoms with Crippen LogP contribution in [0.5, 0.6) is 0 Å². The Bertz CT molecular complexity index is 142. The molecular formula is C9H20N2. The van der Waals surface area contributed by atoms with Crippen molar-refractivity contribution in [2.24, 2.45) is 22.8 Å². The zero-order valence-corrected chi connectivity index (χ0v) is 7.80. The quantitative estimate of drug-likeness (QED) is 0.552. The fraction of sp³-hybridized carbons (Fsp3) is 1.00. The average Bonchev–Trinajstić information content (AvgIpc) is 1.81. The Balaban J connectivity index is 2.67. The van der Waals surface area contributed by atoms with E-state index in [2.05, 4.69) is 20.8 Å². The maximum Gasteiger partial charge on any atom is 0.0117 e. The highest BCUT2D eigenvalue weighted by atomic mass is 14.8. The van der Waals surface area contributed by atoms with Gasteiger partial charge in [0.15, 0.2) is 0 Å². The zero-order valence-electron chi connectivity index (χ0n) is 7.80. The lowest BCUT2D eigenvalue weighted by molar-refractivity contribution is 0.132. The normalized spacial score (nSPS) is 43.9. The van der Waals surface area contributed by atoms with Crippen LogP contribution < -0.4 is 11.5 Å². The average molecular weight is 156 g/mol. The minimum absolute atomic E-state index is 0.233. The van der Waals surface area contributed by atoms with Crippen LogP contribution in [-0.2, 0) is 0 Å². The third-order valence-corrected chi connectivity index (χ3v) is 2.98. The topological polar surface area (TPSA) is 52.0 Å². The zero-order chi connectivity index (χ0) is 8.65. The van der Waals surface area contributed by atoms with Gasteiger partial charge in [-0.3, -0.25) is 0 Å². The third kappa shape index (κ3) is 1.74. The Morgan fingerprint density at radius 3 is 2.27 bits per heavy atom. The van der Waals surface area contributed by atoms with Gasteiger partial charge in [0, 0.05) is 12.1 Å². The summed E-state index contributed by atoms with van der Waals surface area (Å²) in [6.45, 7) is 6.63. The summed E-state index contributed by atoms with van der Waals surface area (Å²) in [5, 5.41) is 0. The molecule has 0 heterocycles. The summed E-state index contributed by atoms with van der Waals surface area (Å²) in [6, 6.07) is 0.682. The molecule has 0 aliphatic heterocycles. The maximum atomic E-state index is 6.06. The second kappa shape index (κ2) is 2.76. The standard InChI is InChI=1S/C9H20N2/c1-6-4-7(10)5-9(2,3)8(6)11/h6-8H,4-5,10-11H2,1-3H3. The molecule has 0 aromatic heterocycles. The Hall–Kier alpha value is -0.0800.